The fourth-order valence-corrected chi connectivity index (χ4v) is 3.06. The third-order valence-corrected chi connectivity index (χ3v) is 4.32. The predicted molar refractivity (Wildman–Crippen MR) is 91.4 cm³/mol. The van der Waals surface area contributed by atoms with E-state index in [0.717, 1.165) is 11.1 Å². The molecule has 0 radical (unpaired) electrons. The van der Waals surface area contributed by atoms with Crippen molar-refractivity contribution >= 4 is 12.0 Å². The molecular weight excluding hydrogens is 302 g/mol. The third-order valence-electron chi connectivity index (χ3n) is 4.32. The topological polar surface area (TPSA) is 46.6 Å². The molecule has 1 aliphatic rings. The highest BCUT2D eigenvalue weighted by molar-refractivity contribution is 5.94. The minimum Gasteiger partial charge on any atom is -0.447 e. The van der Waals surface area contributed by atoms with Gasteiger partial charge in [-0.15, -0.1) is 0 Å². The van der Waals surface area contributed by atoms with Crippen LogP contribution in [-0.2, 0) is 22.4 Å². The molecule has 0 spiro atoms. The van der Waals surface area contributed by atoms with Crippen molar-refractivity contribution in [2.24, 2.45) is 5.92 Å². The van der Waals surface area contributed by atoms with Crippen LogP contribution in [0.5, 0.6) is 0 Å². The number of amides is 2. The van der Waals surface area contributed by atoms with E-state index < -0.39 is 6.09 Å². The lowest BCUT2D eigenvalue weighted by atomic mass is 9.98. The van der Waals surface area contributed by atoms with Crippen molar-refractivity contribution < 1.29 is 14.3 Å². The minimum atomic E-state index is -0.527. The first-order chi connectivity index (χ1) is 11.6. The van der Waals surface area contributed by atoms with Crippen LogP contribution in [0.15, 0.2) is 60.7 Å². The summed E-state index contributed by atoms with van der Waals surface area (Å²) in [5, 5.41) is 0. The molecule has 0 bridgehead atoms. The Kier molecular flexibility index (Phi) is 4.94. The molecule has 0 saturated carbocycles. The van der Waals surface area contributed by atoms with E-state index in [-0.39, 0.29) is 24.5 Å². The van der Waals surface area contributed by atoms with E-state index in [1.807, 2.05) is 67.6 Å². The van der Waals surface area contributed by atoms with Gasteiger partial charge in [-0.25, -0.2) is 9.69 Å². The van der Waals surface area contributed by atoms with Crippen LogP contribution in [0.3, 0.4) is 0 Å². The van der Waals surface area contributed by atoms with E-state index in [1.165, 1.54) is 4.90 Å². The second-order valence-corrected chi connectivity index (χ2v) is 6.22. The zero-order chi connectivity index (χ0) is 16.9. The molecular formula is C20H21NO3. The van der Waals surface area contributed by atoms with Gasteiger partial charge >= 0.3 is 6.09 Å². The fraction of sp³-hybridized carbons (Fsp3) is 0.300. The molecule has 1 aliphatic heterocycles. The molecule has 24 heavy (non-hydrogen) atoms. The van der Waals surface area contributed by atoms with Crippen LogP contribution < -0.4 is 0 Å². The average Bonchev–Trinajstić information content (AvgIpc) is 2.96. The van der Waals surface area contributed by atoms with Gasteiger partial charge in [-0.05, 0) is 24.0 Å². The van der Waals surface area contributed by atoms with E-state index in [4.69, 9.17) is 4.74 Å². The Bertz CT molecular complexity index is 699. The van der Waals surface area contributed by atoms with Crippen LogP contribution in [0.2, 0.25) is 0 Å². The first-order valence-electron chi connectivity index (χ1n) is 8.23. The number of rotatable bonds is 5. The summed E-state index contributed by atoms with van der Waals surface area (Å²) < 4.78 is 5.14. The summed E-state index contributed by atoms with van der Waals surface area (Å²) in [5.74, 6) is -0.432. The molecule has 2 amide bonds. The van der Waals surface area contributed by atoms with Crippen LogP contribution >= 0.6 is 0 Å². The summed E-state index contributed by atoms with van der Waals surface area (Å²) in [4.78, 5) is 26.1. The van der Waals surface area contributed by atoms with Crippen molar-refractivity contribution in [2.75, 3.05) is 6.61 Å². The molecule has 4 heteroatoms. The lowest BCUT2D eigenvalue weighted by Crippen LogP contribution is -2.43. The number of ether oxygens (including phenoxy) is 1. The molecule has 1 heterocycles. The van der Waals surface area contributed by atoms with Gasteiger partial charge in [0.05, 0.1) is 6.04 Å². The maximum atomic E-state index is 12.8. The maximum Gasteiger partial charge on any atom is 0.416 e. The Morgan fingerprint density at radius 3 is 2.29 bits per heavy atom. The Balaban J connectivity index is 1.70. The molecule has 0 unspecified atom stereocenters. The summed E-state index contributed by atoms with van der Waals surface area (Å²) in [6, 6.07) is 19.5. The first-order valence-corrected chi connectivity index (χ1v) is 8.23. The van der Waals surface area contributed by atoms with Crippen LogP contribution in [0.4, 0.5) is 4.79 Å². The van der Waals surface area contributed by atoms with Gasteiger partial charge < -0.3 is 4.74 Å². The number of nitrogens with zero attached hydrogens (tertiary/aromatic N) is 1. The van der Waals surface area contributed by atoms with Crippen LogP contribution in [0.1, 0.15) is 18.1 Å². The molecule has 2 aromatic carbocycles. The van der Waals surface area contributed by atoms with E-state index in [1.54, 1.807) is 0 Å². The van der Waals surface area contributed by atoms with Crippen molar-refractivity contribution in [3.05, 3.63) is 71.8 Å². The Hall–Kier alpha value is -2.62. The number of hydrogen-bond acceptors (Lipinski definition) is 3. The lowest BCUT2D eigenvalue weighted by Gasteiger charge is -2.23. The Morgan fingerprint density at radius 1 is 1.08 bits per heavy atom. The highest BCUT2D eigenvalue weighted by Gasteiger charge is 2.39. The van der Waals surface area contributed by atoms with E-state index in [2.05, 4.69) is 0 Å². The molecule has 1 saturated heterocycles. The number of carbonyl (C=O) groups is 2. The zero-order valence-corrected chi connectivity index (χ0v) is 13.7. The first kappa shape index (κ1) is 16.2. The molecule has 0 aliphatic carbocycles. The molecule has 0 aromatic heterocycles. The molecule has 3 rings (SSSR count). The number of imide groups is 1. The summed E-state index contributed by atoms with van der Waals surface area (Å²) in [5.41, 5.74) is 2.18. The zero-order valence-electron chi connectivity index (χ0n) is 13.7. The molecule has 2 aromatic rings. The van der Waals surface area contributed by atoms with Gasteiger partial charge in [0.25, 0.3) is 0 Å². The van der Waals surface area contributed by atoms with Gasteiger partial charge in [0.15, 0.2) is 0 Å². The smallest absolute Gasteiger partial charge is 0.416 e. The van der Waals surface area contributed by atoms with Gasteiger partial charge in [0.1, 0.15) is 6.61 Å². The molecule has 1 fully saturated rings. The van der Waals surface area contributed by atoms with Crippen LogP contribution in [0.25, 0.3) is 0 Å². The predicted octanol–water partition coefficient (Wildman–Crippen LogP) is 3.46. The summed E-state index contributed by atoms with van der Waals surface area (Å²) in [6.45, 7) is 2.12. The van der Waals surface area contributed by atoms with Crippen molar-refractivity contribution in [1.82, 2.24) is 4.90 Å². The van der Waals surface area contributed by atoms with E-state index in [9.17, 15) is 9.59 Å². The highest BCUT2D eigenvalue weighted by atomic mass is 16.6. The maximum absolute atomic E-state index is 12.8. The Labute approximate surface area is 142 Å². The summed E-state index contributed by atoms with van der Waals surface area (Å²) in [7, 11) is 0. The number of cyclic esters (lactones) is 1. The number of hydrogen-bond donors (Lipinski definition) is 0. The second kappa shape index (κ2) is 7.30. The fourth-order valence-electron chi connectivity index (χ4n) is 3.06. The van der Waals surface area contributed by atoms with Gasteiger partial charge in [-0.1, -0.05) is 67.6 Å². The van der Waals surface area contributed by atoms with Crippen molar-refractivity contribution in [1.29, 1.82) is 0 Å². The summed E-state index contributed by atoms with van der Waals surface area (Å²) >= 11 is 0. The normalized spacial score (nSPS) is 18.3. The van der Waals surface area contributed by atoms with Gasteiger partial charge in [-0.2, -0.15) is 0 Å². The van der Waals surface area contributed by atoms with Crippen molar-refractivity contribution in [2.45, 2.75) is 25.8 Å². The van der Waals surface area contributed by atoms with Crippen molar-refractivity contribution in [3.63, 3.8) is 0 Å². The largest absolute Gasteiger partial charge is 0.447 e. The SMILES string of the molecule is C[C@H](Cc1ccccc1)C(=O)N1C(=O)OC[C@@H]1Cc1ccccc1. The quantitative estimate of drug-likeness (QED) is 0.846. The van der Waals surface area contributed by atoms with Gasteiger partial charge in [-0.3, -0.25) is 4.79 Å². The van der Waals surface area contributed by atoms with Crippen molar-refractivity contribution in [3.8, 4) is 0 Å². The van der Waals surface area contributed by atoms with E-state index >= 15 is 0 Å². The standard InChI is InChI=1S/C20H21NO3/c1-15(12-16-8-4-2-5-9-16)19(22)21-18(14-24-20(21)23)13-17-10-6-3-7-11-17/h2-11,15,18H,12-14H2,1H3/t15-,18+/m1/s1. The number of carbonyl (C=O) groups excluding carboxylic acids is 2. The van der Waals surface area contributed by atoms with Crippen LogP contribution in [-0.4, -0.2) is 29.5 Å². The Morgan fingerprint density at radius 2 is 1.67 bits per heavy atom. The lowest BCUT2D eigenvalue weighted by molar-refractivity contribution is -0.132. The monoisotopic (exact) mass is 323 g/mol. The van der Waals surface area contributed by atoms with E-state index in [0.29, 0.717) is 12.8 Å². The minimum absolute atomic E-state index is 0.165. The van der Waals surface area contributed by atoms with Gasteiger partial charge in [0, 0.05) is 5.92 Å². The highest BCUT2D eigenvalue weighted by Crippen LogP contribution is 2.21. The molecule has 0 N–H and O–H groups in total. The molecule has 2 atom stereocenters. The summed E-state index contributed by atoms with van der Waals surface area (Å²) in [6.07, 6.45) is 0.707. The van der Waals surface area contributed by atoms with Crippen LogP contribution in [0, 0.1) is 5.92 Å². The van der Waals surface area contributed by atoms with Gasteiger partial charge in [0.2, 0.25) is 5.91 Å². The average molecular weight is 323 g/mol. The second-order valence-electron chi connectivity index (χ2n) is 6.22. The third kappa shape index (κ3) is 3.65. The number of benzene rings is 2. The molecule has 4 nitrogen and oxygen atoms in total. The molecule has 124 valence electrons.